The molecule has 2 heterocycles. The molecule has 0 bridgehead atoms. The number of hydrogen-bond donors (Lipinski definition) is 0. The van der Waals surface area contributed by atoms with Gasteiger partial charge in [0.2, 0.25) is 10.0 Å². The lowest BCUT2D eigenvalue weighted by molar-refractivity contribution is 0.521. The van der Waals surface area contributed by atoms with E-state index in [9.17, 15) is 8.42 Å². The third-order valence-electron chi connectivity index (χ3n) is 4.39. The highest BCUT2D eigenvalue weighted by molar-refractivity contribution is 7.98. The number of thioether (sulfide) groups is 1. The Morgan fingerprint density at radius 3 is 2.71 bits per heavy atom. The molecule has 0 spiro atoms. The molecule has 0 unspecified atom stereocenters. The molecule has 0 saturated carbocycles. The lowest BCUT2D eigenvalue weighted by atomic mass is 10.3. The molecule has 0 amide bonds. The van der Waals surface area contributed by atoms with Crippen molar-refractivity contribution in [3.8, 4) is 0 Å². The molecule has 1 aromatic carbocycles. The zero-order chi connectivity index (χ0) is 20.3. The summed E-state index contributed by atoms with van der Waals surface area (Å²) < 4.78 is 28.3. The molecular formula is C19H23ClN4O2S2. The third-order valence-corrected chi connectivity index (χ3v) is 7.57. The molecule has 3 rings (SSSR count). The van der Waals surface area contributed by atoms with Gasteiger partial charge in [-0.25, -0.2) is 22.7 Å². The van der Waals surface area contributed by atoms with E-state index in [1.54, 1.807) is 30.1 Å². The van der Waals surface area contributed by atoms with E-state index in [0.29, 0.717) is 16.4 Å². The maximum Gasteiger partial charge on any atom is 0.242 e. The lowest BCUT2D eigenvalue weighted by Crippen LogP contribution is -2.22. The van der Waals surface area contributed by atoms with Gasteiger partial charge in [-0.1, -0.05) is 42.8 Å². The van der Waals surface area contributed by atoms with Gasteiger partial charge in [-0.05, 0) is 36.2 Å². The summed E-state index contributed by atoms with van der Waals surface area (Å²) in [7, 11) is -0.446. The van der Waals surface area contributed by atoms with Crippen LogP contribution in [0.15, 0.2) is 46.6 Å². The molecule has 0 N–H and O–H groups in total. The van der Waals surface area contributed by atoms with E-state index in [1.807, 2.05) is 18.2 Å². The standard InChI is InChI=1S/C19H23ClN4O2S2/c1-4-5-11-24-17-9-8-15(28(25,26)23(2)3)12-16(17)22-19(24)27-13-14-7-6-10-21-18(14)20/h6-10,12H,4-5,11,13H2,1-3H3. The summed E-state index contributed by atoms with van der Waals surface area (Å²) in [6, 6.07) is 8.95. The van der Waals surface area contributed by atoms with Crippen molar-refractivity contribution in [2.75, 3.05) is 14.1 Å². The zero-order valence-corrected chi connectivity index (χ0v) is 18.5. The molecule has 3 aromatic rings. The van der Waals surface area contributed by atoms with Crippen molar-refractivity contribution in [1.82, 2.24) is 18.8 Å². The Hall–Kier alpha value is -1.61. The summed E-state index contributed by atoms with van der Waals surface area (Å²) >= 11 is 7.75. The van der Waals surface area contributed by atoms with Crippen molar-refractivity contribution >= 4 is 44.4 Å². The monoisotopic (exact) mass is 438 g/mol. The molecule has 0 atom stereocenters. The minimum atomic E-state index is -3.50. The largest absolute Gasteiger partial charge is 0.319 e. The molecule has 150 valence electrons. The maximum absolute atomic E-state index is 12.5. The Labute approximate surface area is 175 Å². The second-order valence-corrected chi connectivity index (χ2v) is 10.0. The van der Waals surface area contributed by atoms with Crippen LogP contribution >= 0.6 is 23.4 Å². The van der Waals surface area contributed by atoms with Gasteiger partial charge < -0.3 is 4.57 Å². The lowest BCUT2D eigenvalue weighted by Gasteiger charge is -2.11. The van der Waals surface area contributed by atoms with Crippen molar-refractivity contribution in [1.29, 1.82) is 0 Å². The first-order chi connectivity index (χ1) is 13.3. The smallest absolute Gasteiger partial charge is 0.242 e. The fraction of sp³-hybridized carbons (Fsp3) is 0.368. The highest BCUT2D eigenvalue weighted by Gasteiger charge is 2.20. The molecule has 0 radical (unpaired) electrons. The number of aromatic nitrogens is 3. The number of halogens is 1. The van der Waals surface area contributed by atoms with Crippen molar-refractivity contribution in [3.05, 3.63) is 47.2 Å². The van der Waals surface area contributed by atoms with Crippen molar-refractivity contribution in [2.45, 2.75) is 42.1 Å². The topological polar surface area (TPSA) is 68.1 Å². The van der Waals surface area contributed by atoms with E-state index in [4.69, 9.17) is 16.6 Å². The van der Waals surface area contributed by atoms with Gasteiger partial charge >= 0.3 is 0 Å². The Balaban J connectivity index is 1.99. The SMILES string of the molecule is CCCCn1c(SCc2cccnc2Cl)nc2cc(S(=O)(=O)N(C)C)ccc21. The quantitative estimate of drug-likeness (QED) is 0.384. The highest BCUT2D eigenvalue weighted by atomic mass is 35.5. The zero-order valence-electron chi connectivity index (χ0n) is 16.1. The van der Waals surface area contributed by atoms with Gasteiger partial charge in [0.05, 0.1) is 15.9 Å². The number of unbranched alkanes of at least 4 members (excludes halogenated alkanes) is 1. The van der Waals surface area contributed by atoms with Crippen LogP contribution in [0.5, 0.6) is 0 Å². The van der Waals surface area contributed by atoms with E-state index >= 15 is 0 Å². The first kappa shape index (κ1) is 21.1. The van der Waals surface area contributed by atoms with Crippen LogP contribution in [-0.4, -0.2) is 41.4 Å². The summed E-state index contributed by atoms with van der Waals surface area (Å²) in [5, 5.41) is 1.34. The molecule has 0 fully saturated rings. The van der Waals surface area contributed by atoms with Crippen LogP contribution in [-0.2, 0) is 22.3 Å². The molecule has 0 aliphatic carbocycles. The average molecular weight is 439 g/mol. The van der Waals surface area contributed by atoms with E-state index in [-0.39, 0.29) is 4.90 Å². The van der Waals surface area contributed by atoms with Gasteiger partial charge in [0.1, 0.15) is 5.15 Å². The number of aryl methyl sites for hydroxylation is 1. The number of nitrogens with zero attached hydrogens (tertiary/aromatic N) is 4. The second kappa shape index (κ2) is 8.82. The van der Waals surface area contributed by atoms with E-state index in [0.717, 1.165) is 35.6 Å². The molecule has 6 nitrogen and oxygen atoms in total. The second-order valence-electron chi connectivity index (χ2n) is 6.58. The van der Waals surface area contributed by atoms with Gasteiger partial charge in [0.25, 0.3) is 0 Å². The van der Waals surface area contributed by atoms with Crippen LogP contribution in [0, 0.1) is 0 Å². The predicted octanol–water partition coefficient (Wildman–Crippen LogP) is 4.43. The van der Waals surface area contributed by atoms with Crippen LogP contribution in [0.4, 0.5) is 0 Å². The first-order valence-corrected chi connectivity index (χ1v) is 11.8. The van der Waals surface area contributed by atoms with Crippen molar-refractivity contribution < 1.29 is 8.42 Å². The van der Waals surface area contributed by atoms with Crippen molar-refractivity contribution in [3.63, 3.8) is 0 Å². The van der Waals surface area contributed by atoms with Gasteiger partial charge in [0.15, 0.2) is 5.16 Å². The molecule has 0 saturated heterocycles. The van der Waals surface area contributed by atoms with Gasteiger partial charge in [-0.3, -0.25) is 0 Å². The van der Waals surface area contributed by atoms with Crippen molar-refractivity contribution in [2.24, 2.45) is 0 Å². The molecule has 0 aliphatic heterocycles. The first-order valence-electron chi connectivity index (χ1n) is 8.99. The molecule has 2 aromatic heterocycles. The molecule has 28 heavy (non-hydrogen) atoms. The molecule has 0 aliphatic rings. The molecule has 9 heteroatoms. The number of pyridine rings is 1. The van der Waals surface area contributed by atoms with Crippen LogP contribution in [0.1, 0.15) is 25.3 Å². The van der Waals surface area contributed by atoms with E-state index in [2.05, 4.69) is 16.5 Å². The fourth-order valence-corrected chi connectivity index (χ4v) is 4.98. The van der Waals surface area contributed by atoms with Gasteiger partial charge in [-0.2, -0.15) is 0 Å². The minimum absolute atomic E-state index is 0.247. The fourth-order valence-electron chi connectivity index (χ4n) is 2.77. The summed E-state index contributed by atoms with van der Waals surface area (Å²) in [6.45, 7) is 2.97. The minimum Gasteiger partial charge on any atom is -0.319 e. The third kappa shape index (κ3) is 4.35. The summed E-state index contributed by atoms with van der Waals surface area (Å²) in [4.78, 5) is 9.09. The number of sulfonamides is 1. The maximum atomic E-state index is 12.5. The molecular weight excluding hydrogens is 416 g/mol. The summed E-state index contributed by atoms with van der Waals surface area (Å²) in [6.07, 6.45) is 3.75. The Bertz CT molecular complexity index is 1080. The number of hydrogen-bond acceptors (Lipinski definition) is 5. The van der Waals surface area contributed by atoms with Gasteiger partial charge in [-0.15, -0.1) is 0 Å². The average Bonchev–Trinajstić information content (AvgIpc) is 3.02. The number of benzene rings is 1. The summed E-state index contributed by atoms with van der Waals surface area (Å²) in [5.74, 6) is 0.644. The number of fused-ring (bicyclic) bond motifs is 1. The Kier molecular flexibility index (Phi) is 6.65. The van der Waals surface area contributed by atoms with Gasteiger partial charge in [0, 0.05) is 32.6 Å². The number of rotatable bonds is 8. The number of imidazole rings is 1. The van der Waals surface area contributed by atoms with Crippen LogP contribution < -0.4 is 0 Å². The highest BCUT2D eigenvalue weighted by Crippen LogP contribution is 2.30. The Morgan fingerprint density at radius 2 is 2.04 bits per heavy atom. The normalized spacial score (nSPS) is 12.2. The van der Waals surface area contributed by atoms with Crippen LogP contribution in [0.3, 0.4) is 0 Å². The van der Waals surface area contributed by atoms with Crippen LogP contribution in [0.2, 0.25) is 5.15 Å². The predicted molar refractivity (Wildman–Crippen MR) is 114 cm³/mol. The summed E-state index contributed by atoms with van der Waals surface area (Å²) in [5.41, 5.74) is 2.56. The van der Waals surface area contributed by atoms with Crippen LogP contribution in [0.25, 0.3) is 11.0 Å². The Morgan fingerprint density at radius 1 is 1.25 bits per heavy atom. The van der Waals surface area contributed by atoms with E-state index < -0.39 is 10.0 Å². The van der Waals surface area contributed by atoms with E-state index in [1.165, 1.54) is 18.4 Å².